The first-order valence-corrected chi connectivity index (χ1v) is 9.19. The van der Waals surface area contributed by atoms with Gasteiger partial charge in [0.05, 0.1) is 34.2 Å². The molecule has 0 fully saturated rings. The minimum atomic E-state index is -0.0887. The summed E-state index contributed by atoms with van der Waals surface area (Å²) in [5.74, 6) is 1.68. The Morgan fingerprint density at radius 2 is 2.16 bits per heavy atom. The van der Waals surface area contributed by atoms with Crippen molar-refractivity contribution >= 4 is 46.0 Å². The predicted octanol–water partition coefficient (Wildman–Crippen LogP) is 4.66. The van der Waals surface area contributed by atoms with Gasteiger partial charge < -0.3 is 15.0 Å². The molecule has 0 spiro atoms. The summed E-state index contributed by atoms with van der Waals surface area (Å²) in [4.78, 5) is 20.0. The number of aromatic nitrogens is 2. The van der Waals surface area contributed by atoms with Crippen molar-refractivity contribution in [2.24, 2.45) is 0 Å². The molecule has 3 aromatic rings. The molecule has 0 saturated carbocycles. The number of hydrogen-bond donors (Lipinski definition) is 2. The molecule has 1 aromatic heterocycles. The fourth-order valence-electron chi connectivity index (χ4n) is 2.39. The summed E-state index contributed by atoms with van der Waals surface area (Å²) < 4.78 is 5.10. The van der Waals surface area contributed by atoms with Crippen LogP contribution < -0.4 is 10.1 Å². The first-order chi connectivity index (χ1) is 12.1. The Kier molecular flexibility index (Phi) is 5.50. The van der Waals surface area contributed by atoms with E-state index in [1.165, 1.54) is 11.8 Å². The summed E-state index contributed by atoms with van der Waals surface area (Å²) in [6.45, 7) is 2.03. The van der Waals surface area contributed by atoms with Gasteiger partial charge in [-0.15, -0.1) is 11.8 Å². The zero-order chi connectivity index (χ0) is 17.8. The lowest BCUT2D eigenvalue weighted by Gasteiger charge is -2.10. The number of hydrogen-bond acceptors (Lipinski definition) is 4. The molecule has 1 atom stereocenters. The zero-order valence-corrected chi connectivity index (χ0v) is 15.4. The third-order valence-electron chi connectivity index (χ3n) is 3.69. The van der Waals surface area contributed by atoms with Gasteiger partial charge in [-0.05, 0) is 37.3 Å². The number of ether oxygens (including phenoxy) is 1. The topological polar surface area (TPSA) is 67.0 Å². The lowest BCUT2D eigenvalue weighted by atomic mass is 10.3. The maximum Gasteiger partial charge on any atom is 0.234 e. The molecule has 1 heterocycles. The smallest absolute Gasteiger partial charge is 0.234 e. The number of amides is 1. The van der Waals surface area contributed by atoms with Gasteiger partial charge in [-0.1, -0.05) is 23.7 Å². The van der Waals surface area contributed by atoms with E-state index in [0.717, 1.165) is 16.9 Å². The van der Waals surface area contributed by atoms with E-state index in [0.29, 0.717) is 22.2 Å². The van der Waals surface area contributed by atoms with Crippen LogP contribution in [0.1, 0.15) is 18.0 Å². The summed E-state index contributed by atoms with van der Waals surface area (Å²) in [5.41, 5.74) is 2.58. The maximum absolute atomic E-state index is 12.1. The average molecular weight is 376 g/mol. The number of methoxy groups -OCH3 is 1. The van der Waals surface area contributed by atoms with Crippen molar-refractivity contribution in [1.82, 2.24) is 9.97 Å². The first kappa shape index (κ1) is 17.6. The molecule has 0 saturated heterocycles. The van der Waals surface area contributed by atoms with Crippen LogP contribution in [0.4, 0.5) is 5.69 Å². The van der Waals surface area contributed by atoms with Crippen LogP contribution in [0.15, 0.2) is 42.5 Å². The molecule has 130 valence electrons. The molecule has 3 rings (SSSR count). The summed E-state index contributed by atoms with van der Waals surface area (Å²) >= 11 is 7.59. The van der Waals surface area contributed by atoms with Gasteiger partial charge in [-0.3, -0.25) is 4.79 Å². The van der Waals surface area contributed by atoms with Gasteiger partial charge in [0, 0.05) is 5.69 Å². The number of benzene rings is 2. The van der Waals surface area contributed by atoms with Crippen LogP contribution in [0.25, 0.3) is 11.0 Å². The van der Waals surface area contributed by atoms with E-state index in [4.69, 9.17) is 16.3 Å². The van der Waals surface area contributed by atoms with Crippen molar-refractivity contribution in [1.29, 1.82) is 0 Å². The molecule has 1 unspecified atom stereocenters. The molecule has 0 radical (unpaired) electrons. The molecule has 2 aromatic carbocycles. The summed E-state index contributed by atoms with van der Waals surface area (Å²) in [6.07, 6.45) is 0. The number of H-pyrrole nitrogens is 1. The SMILES string of the molecule is COc1ccc(NC(=O)CSC(C)c2nc3ccccc3[nH]2)cc1Cl. The predicted molar refractivity (Wildman–Crippen MR) is 104 cm³/mol. The number of fused-ring (bicyclic) bond motifs is 1. The minimum Gasteiger partial charge on any atom is -0.495 e. The van der Waals surface area contributed by atoms with E-state index < -0.39 is 0 Å². The van der Waals surface area contributed by atoms with Gasteiger partial charge in [0.2, 0.25) is 5.91 Å². The molecule has 0 bridgehead atoms. The standard InChI is InChI=1S/C18H18ClN3O2S/c1-11(18-21-14-5-3-4-6-15(14)22-18)25-10-17(23)20-12-7-8-16(24-2)13(19)9-12/h3-9,11H,10H2,1-2H3,(H,20,23)(H,21,22). The molecule has 1 amide bonds. The fourth-order valence-corrected chi connectivity index (χ4v) is 3.39. The van der Waals surface area contributed by atoms with Gasteiger partial charge in [0.15, 0.2) is 0 Å². The highest BCUT2D eigenvalue weighted by atomic mass is 35.5. The number of imidazole rings is 1. The average Bonchev–Trinajstić information content (AvgIpc) is 3.04. The van der Waals surface area contributed by atoms with Gasteiger partial charge in [-0.25, -0.2) is 4.98 Å². The number of halogens is 1. The normalized spacial score (nSPS) is 12.1. The molecular formula is C18H18ClN3O2S. The van der Waals surface area contributed by atoms with Crippen LogP contribution >= 0.6 is 23.4 Å². The monoisotopic (exact) mass is 375 g/mol. The molecule has 7 heteroatoms. The lowest BCUT2D eigenvalue weighted by molar-refractivity contribution is -0.113. The Balaban J connectivity index is 1.57. The van der Waals surface area contributed by atoms with E-state index in [1.807, 2.05) is 31.2 Å². The van der Waals surface area contributed by atoms with E-state index in [-0.39, 0.29) is 11.2 Å². The highest BCUT2D eigenvalue weighted by molar-refractivity contribution is 8.00. The van der Waals surface area contributed by atoms with E-state index in [9.17, 15) is 4.79 Å². The highest BCUT2D eigenvalue weighted by Gasteiger charge is 2.14. The van der Waals surface area contributed by atoms with Crippen molar-refractivity contribution in [3.8, 4) is 5.75 Å². The van der Waals surface area contributed by atoms with Crippen molar-refractivity contribution < 1.29 is 9.53 Å². The Labute approximate surface area is 155 Å². The molecule has 0 aliphatic carbocycles. The van der Waals surface area contributed by atoms with Crippen LogP contribution in [0.5, 0.6) is 5.75 Å². The molecule has 5 nitrogen and oxygen atoms in total. The number of para-hydroxylation sites is 2. The number of carbonyl (C=O) groups excluding carboxylic acids is 1. The highest BCUT2D eigenvalue weighted by Crippen LogP contribution is 2.29. The van der Waals surface area contributed by atoms with Crippen LogP contribution in [-0.4, -0.2) is 28.7 Å². The molecule has 0 aliphatic rings. The Bertz CT molecular complexity index is 864. The van der Waals surface area contributed by atoms with Crippen LogP contribution in [0, 0.1) is 0 Å². The second kappa shape index (κ2) is 7.80. The number of rotatable bonds is 6. The zero-order valence-electron chi connectivity index (χ0n) is 13.9. The second-order valence-electron chi connectivity index (χ2n) is 5.49. The van der Waals surface area contributed by atoms with Crippen molar-refractivity contribution in [2.75, 3.05) is 18.2 Å². The van der Waals surface area contributed by atoms with Gasteiger partial charge in [0.25, 0.3) is 0 Å². The minimum absolute atomic E-state index is 0.0811. The fraction of sp³-hybridized carbons (Fsp3) is 0.222. The van der Waals surface area contributed by atoms with E-state index >= 15 is 0 Å². The third kappa shape index (κ3) is 4.27. The van der Waals surface area contributed by atoms with E-state index in [2.05, 4.69) is 15.3 Å². The third-order valence-corrected chi connectivity index (χ3v) is 5.14. The maximum atomic E-state index is 12.1. The van der Waals surface area contributed by atoms with Crippen LogP contribution in [-0.2, 0) is 4.79 Å². The molecule has 0 aliphatic heterocycles. The molecule has 25 heavy (non-hydrogen) atoms. The number of nitrogens with zero attached hydrogens (tertiary/aromatic N) is 1. The molecular weight excluding hydrogens is 358 g/mol. The summed E-state index contributed by atoms with van der Waals surface area (Å²) in [6, 6.07) is 13.0. The quantitative estimate of drug-likeness (QED) is 0.657. The number of anilines is 1. The number of nitrogens with one attached hydrogen (secondary N) is 2. The van der Waals surface area contributed by atoms with Gasteiger partial charge in [-0.2, -0.15) is 0 Å². The van der Waals surface area contributed by atoms with Crippen LogP contribution in [0.2, 0.25) is 5.02 Å². The Morgan fingerprint density at radius 3 is 2.88 bits per heavy atom. The van der Waals surface area contributed by atoms with Gasteiger partial charge >= 0.3 is 0 Å². The van der Waals surface area contributed by atoms with Crippen LogP contribution in [0.3, 0.4) is 0 Å². The number of carbonyl (C=O) groups is 1. The first-order valence-electron chi connectivity index (χ1n) is 7.76. The number of aromatic amines is 1. The Hall–Kier alpha value is -2.18. The Morgan fingerprint density at radius 1 is 1.36 bits per heavy atom. The van der Waals surface area contributed by atoms with Gasteiger partial charge in [0.1, 0.15) is 11.6 Å². The summed E-state index contributed by atoms with van der Waals surface area (Å²) in [7, 11) is 1.55. The van der Waals surface area contributed by atoms with Crippen molar-refractivity contribution in [3.05, 3.63) is 53.3 Å². The number of thioether (sulfide) groups is 1. The second-order valence-corrected chi connectivity index (χ2v) is 7.23. The largest absolute Gasteiger partial charge is 0.495 e. The van der Waals surface area contributed by atoms with Crippen molar-refractivity contribution in [3.63, 3.8) is 0 Å². The lowest BCUT2D eigenvalue weighted by Crippen LogP contribution is -2.14. The van der Waals surface area contributed by atoms with Crippen molar-refractivity contribution in [2.45, 2.75) is 12.2 Å². The van der Waals surface area contributed by atoms with E-state index in [1.54, 1.807) is 25.3 Å². The summed E-state index contributed by atoms with van der Waals surface area (Å²) in [5, 5.41) is 3.38. The molecule has 2 N–H and O–H groups in total.